The van der Waals surface area contributed by atoms with Gasteiger partial charge in [0.15, 0.2) is 0 Å². The molecule has 1 amide bonds. The molecular weight excluding hydrogens is 468 g/mol. The first kappa shape index (κ1) is 25.9. The summed E-state index contributed by atoms with van der Waals surface area (Å²) in [5.74, 6) is 0.213. The van der Waals surface area contributed by atoms with Gasteiger partial charge in [0.05, 0.1) is 12.0 Å². The Hall–Kier alpha value is -3.70. The average molecular weight is 507 g/mol. The Morgan fingerprint density at radius 1 is 0.816 bits per heavy atom. The van der Waals surface area contributed by atoms with E-state index in [1.54, 1.807) is 0 Å². The molecule has 5 rings (SSSR count). The average Bonchev–Trinajstić information content (AvgIpc) is 3.64. The minimum Gasteiger partial charge on any atom is -0.316 e. The molecule has 0 radical (unpaired) electrons. The molecule has 0 spiro atoms. The minimum atomic E-state index is -0.548. The second kappa shape index (κ2) is 11.8. The van der Waals surface area contributed by atoms with Gasteiger partial charge in [-0.05, 0) is 55.7 Å². The van der Waals surface area contributed by atoms with Crippen molar-refractivity contribution in [3.05, 3.63) is 125 Å². The molecule has 1 aliphatic heterocycles. The molecule has 1 saturated heterocycles. The number of amides is 1. The highest BCUT2D eigenvalue weighted by atomic mass is 16.2. The molecule has 4 aromatic rings. The Morgan fingerprint density at radius 3 is 1.82 bits per heavy atom. The lowest BCUT2D eigenvalue weighted by atomic mass is 9.76. The minimum absolute atomic E-state index is 0.213. The second-order valence-electron chi connectivity index (χ2n) is 10.2. The number of hydrogen-bond donors (Lipinski definition) is 0. The summed E-state index contributed by atoms with van der Waals surface area (Å²) >= 11 is 0. The summed E-state index contributed by atoms with van der Waals surface area (Å²) in [6.45, 7) is 4.16. The lowest BCUT2D eigenvalue weighted by molar-refractivity contribution is -0.144. The van der Waals surface area contributed by atoms with Crippen molar-refractivity contribution in [2.24, 2.45) is 0 Å². The van der Waals surface area contributed by atoms with Crippen LogP contribution in [-0.4, -0.2) is 45.6 Å². The fourth-order valence-electron chi connectivity index (χ4n) is 5.87. The smallest absolute Gasteiger partial charge is 0.236 e. The van der Waals surface area contributed by atoms with Gasteiger partial charge >= 0.3 is 0 Å². The van der Waals surface area contributed by atoms with Crippen LogP contribution in [0, 0.1) is 6.92 Å². The number of nitrogens with zero attached hydrogens (tertiary/aromatic N) is 4. The summed E-state index contributed by atoms with van der Waals surface area (Å²) in [5.41, 5.74) is 5.28. The van der Waals surface area contributed by atoms with E-state index in [1.807, 2.05) is 18.4 Å². The maximum Gasteiger partial charge on any atom is 0.236 e. The third kappa shape index (κ3) is 5.03. The normalized spacial score (nSPS) is 14.1. The first-order valence-electron chi connectivity index (χ1n) is 13.8. The van der Waals surface area contributed by atoms with Crippen molar-refractivity contribution in [1.29, 1.82) is 0 Å². The Bertz CT molecular complexity index is 1210. The quantitative estimate of drug-likeness (QED) is 0.190. The third-order valence-corrected chi connectivity index (χ3v) is 7.97. The van der Waals surface area contributed by atoms with Gasteiger partial charge in [-0.2, -0.15) is 0 Å². The summed E-state index contributed by atoms with van der Waals surface area (Å²) < 4.78 is 2.34. The van der Waals surface area contributed by atoms with Crippen molar-refractivity contribution in [2.75, 3.05) is 20.1 Å². The van der Waals surface area contributed by atoms with Crippen LogP contribution >= 0.6 is 0 Å². The van der Waals surface area contributed by atoms with Gasteiger partial charge in [0, 0.05) is 32.3 Å². The number of aryl methyl sites for hydroxylation is 1. The molecule has 5 nitrogen and oxygen atoms in total. The van der Waals surface area contributed by atoms with Crippen LogP contribution in [-0.2, 0) is 16.8 Å². The van der Waals surface area contributed by atoms with E-state index in [-0.39, 0.29) is 5.91 Å². The number of aromatic nitrogens is 2. The molecule has 0 aliphatic carbocycles. The molecule has 2 heterocycles. The maximum atomic E-state index is 12.7. The fraction of sp³-hybridized carbons (Fsp3) is 0.333. The van der Waals surface area contributed by atoms with Crippen LogP contribution in [0.1, 0.15) is 60.2 Å². The largest absolute Gasteiger partial charge is 0.316 e. The van der Waals surface area contributed by atoms with Gasteiger partial charge in [-0.1, -0.05) is 91.0 Å². The fourth-order valence-corrected chi connectivity index (χ4v) is 5.87. The predicted molar refractivity (Wildman–Crippen MR) is 153 cm³/mol. The summed E-state index contributed by atoms with van der Waals surface area (Å²) in [6, 6.07) is 32.1. The summed E-state index contributed by atoms with van der Waals surface area (Å²) in [4.78, 5) is 17.6. The van der Waals surface area contributed by atoms with E-state index in [0.717, 1.165) is 43.7 Å². The molecule has 0 atom stereocenters. The van der Waals surface area contributed by atoms with E-state index < -0.39 is 5.54 Å². The van der Waals surface area contributed by atoms with E-state index in [4.69, 9.17) is 4.98 Å². The number of imidazole rings is 1. The van der Waals surface area contributed by atoms with Crippen LogP contribution < -0.4 is 0 Å². The maximum absolute atomic E-state index is 12.7. The first-order valence-corrected chi connectivity index (χ1v) is 13.8. The van der Waals surface area contributed by atoms with Gasteiger partial charge in [-0.25, -0.2) is 9.99 Å². The van der Waals surface area contributed by atoms with Crippen LogP contribution in [0.15, 0.2) is 97.3 Å². The van der Waals surface area contributed by atoms with E-state index in [9.17, 15) is 4.79 Å². The van der Waals surface area contributed by atoms with E-state index in [0.29, 0.717) is 6.42 Å². The number of hydrazine groups is 1. The summed E-state index contributed by atoms with van der Waals surface area (Å²) in [6.07, 6.45) is 7.59. The van der Waals surface area contributed by atoms with Gasteiger partial charge in [0.25, 0.3) is 0 Å². The number of unbranched alkanes of at least 4 members (excludes halogenated alkanes) is 1. The molecule has 0 bridgehead atoms. The molecule has 3 aromatic carbocycles. The van der Waals surface area contributed by atoms with E-state index in [2.05, 4.69) is 107 Å². The molecule has 196 valence electrons. The highest BCUT2D eigenvalue weighted by Gasteiger charge is 2.39. The van der Waals surface area contributed by atoms with Crippen molar-refractivity contribution in [3.8, 4) is 0 Å². The van der Waals surface area contributed by atoms with Crippen LogP contribution in [0.5, 0.6) is 0 Å². The van der Waals surface area contributed by atoms with Gasteiger partial charge in [-0.3, -0.25) is 9.80 Å². The summed E-state index contributed by atoms with van der Waals surface area (Å²) in [5, 5.41) is 4.01. The highest BCUT2D eigenvalue weighted by Crippen LogP contribution is 2.41. The Balaban J connectivity index is 1.43. The molecule has 1 aromatic heterocycles. The number of carbonyl (C=O) groups excluding carboxylic acids is 1. The molecule has 0 saturated carbocycles. The summed E-state index contributed by atoms with van der Waals surface area (Å²) in [7, 11) is 1.91. The van der Waals surface area contributed by atoms with E-state index in [1.165, 1.54) is 29.5 Å². The topological polar surface area (TPSA) is 41.4 Å². The van der Waals surface area contributed by atoms with Crippen molar-refractivity contribution in [3.63, 3.8) is 0 Å². The molecule has 0 N–H and O–H groups in total. The number of benzene rings is 3. The van der Waals surface area contributed by atoms with Gasteiger partial charge in [0.2, 0.25) is 5.91 Å². The van der Waals surface area contributed by atoms with Crippen molar-refractivity contribution in [2.45, 2.75) is 51.0 Å². The van der Waals surface area contributed by atoms with Crippen molar-refractivity contribution < 1.29 is 4.79 Å². The Morgan fingerprint density at radius 2 is 1.32 bits per heavy atom. The Labute approximate surface area is 226 Å². The monoisotopic (exact) mass is 506 g/mol. The van der Waals surface area contributed by atoms with Gasteiger partial charge < -0.3 is 4.57 Å². The molecule has 1 fully saturated rings. The van der Waals surface area contributed by atoms with E-state index >= 15 is 0 Å². The lowest BCUT2D eigenvalue weighted by Gasteiger charge is -2.38. The van der Waals surface area contributed by atoms with Crippen LogP contribution in [0.25, 0.3) is 0 Å². The molecular formula is C33H38N4O. The van der Waals surface area contributed by atoms with Crippen LogP contribution in [0.2, 0.25) is 0 Å². The number of rotatable bonds is 10. The highest BCUT2D eigenvalue weighted by molar-refractivity contribution is 5.75. The van der Waals surface area contributed by atoms with Gasteiger partial charge in [0.1, 0.15) is 5.54 Å². The van der Waals surface area contributed by atoms with Crippen molar-refractivity contribution >= 4 is 5.91 Å². The SMILES string of the molecule is Cc1c(CCCCC(=O)N(C)N2CCCC2)ncn1C(c1ccccc1)(c1ccccc1)c1ccccc1. The second-order valence-corrected chi connectivity index (χ2v) is 10.2. The zero-order valence-electron chi connectivity index (χ0n) is 22.6. The molecule has 5 heteroatoms. The van der Waals surface area contributed by atoms with Gasteiger partial charge in [-0.15, -0.1) is 0 Å². The zero-order chi connectivity index (χ0) is 26.4. The van der Waals surface area contributed by atoms with Crippen LogP contribution in [0.4, 0.5) is 0 Å². The molecule has 1 aliphatic rings. The third-order valence-electron chi connectivity index (χ3n) is 7.97. The number of carbonyl (C=O) groups is 1. The lowest BCUT2D eigenvalue weighted by Crippen LogP contribution is -2.41. The molecule has 0 unspecified atom stereocenters. The zero-order valence-corrected chi connectivity index (χ0v) is 22.6. The standard InChI is InChI=1S/C33H38N4O/c1-27-31(22-12-13-23-32(38)35(2)36-24-14-15-25-36)34-26-37(27)33(28-16-6-3-7-17-28,29-18-8-4-9-19-29)30-20-10-5-11-21-30/h3-11,16-21,26H,12-15,22-25H2,1-2H3. The predicted octanol–water partition coefficient (Wildman–Crippen LogP) is 6.21. The Kier molecular flexibility index (Phi) is 8.04. The van der Waals surface area contributed by atoms with Crippen molar-refractivity contribution in [1.82, 2.24) is 19.6 Å². The number of hydrogen-bond acceptors (Lipinski definition) is 3. The molecule has 38 heavy (non-hydrogen) atoms. The first-order chi connectivity index (χ1) is 18.6. The van der Waals surface area contributed by atoms with Crippen LogP contribution in [0.3, 0.4) is 0 Å².